The predicted molar refractivity (Wildman–Crippen MR) is 116 cm³/mol. The summed E-state index contributed by atoms with van der Waals surface area (Å²) in [6.07, 6.45) is 0.860. The Morgan fingerprint density at radius 1 is 1.07 bits per heavy atom. The summed E-state index contributed by atoms with van der Waals surface area (Å²) >= 11 is 0. The van der Waals surface area contributed by atoms with E-state index in [0.717, 1.165) is 11.1 Å². The number of rotatable bonds is 4. The van der Waals surface area contributed by atoms with Crippen LogP contribution in [-0.4, -0.2) is 31.7 Å². The lowest BCUT2D eigenvalue weighted by Gasteiger charge is -2.31. The second-order valence-corrected chi connectivity index (χ2v) is 10.8. The van der Waals surface area contributed by atoms with Crippen LogP contribution in [0, 0.1) is 18.7 Å². The summed E-state index contributed by atoms with van der Waals surface area (Å²) in [7, 11) is -3.59. The molecule has 0 unspecified atom stereocenters. The molecule has 1 amide bonds. The van der Waals surface area contributed by atoms with E-state index in [1.54, 1.807) is 25.1 Å². The molecule has 2 aromatic carbocycles. The molecule has 0 spiro atoms. The maximum absolute atomic E-state index is 13.4. The minimum absolute atomic E-state index is 0.0476. The van der Waals surface area contributed by atoms with Gasteiger partial charge in [-0.05, 0) is 60.6 Å². The van der Waals surface area contributed by atoms with Crippen molar-refractivity contribution in [3.05, 3.63) is 59.4 Å². The van der Waals surface area contributed by atoms with Gasteiger partial charge in [0.05, 0.1) is 4.90 Å². The van der Waals surface area contributed by atoms with Gasteiger partial charge in [0.2, 0.25) is 15.9 Å². The van der Waals surface area contributed by atoms with E-state index in [9.17, 15) is 17.6 Å². The number of sulfonamides is 1. The van der Waals surface area contributed by atoms with Crippen molar-refractivity contribution < 1.29 is 17.6 Å². The largest absolute Gasteiger partial charge is 0.326 e. The summed E-state index contributed by atoms with van der Waals surface area (Å²) in [6.45, 7) is 8.61. The lowest BCUT2D eigenvalue weighted by atomic mass is 9.87. The summed E-state index contributed by atoms with van der Waals surface area (Å²) in [5.74, 6) is -0.910. The number of amides is 1. The van der Waals surface area contributed by atoms with Gasteiger partial charge in [0.25, 0.3) is 0 Å². The van der Waals surface area contributed by atoms with Crippen molar-refractivity contribution in [2.24, 2.45) is 5.92 Å². The highest BCUT2D eigenvalue weighted by Crippen LogP contribution is 2.28. The Morgan fingerprint density at radius 2 is 1.67 bits per heavy atom. The summed E-state index contributed by atoms with van der Waals surface area (Å²) in [4.78, 5) is 12.9. The third-order valence-electron chi connectivity index (χ3n) is 5.64. The number of anilines is 1. The van der Waals surface area contributed by atoms with Crippen molar-refractivity contribution >= 4 is 21.6 Å². The molecule has 1 N–H and O–H groups in total. The van der Waals surface area contributed by atoms with Gasteiger partial charge in [0.1, 0.15) is 5.82 Å². The van der Waals surface area contributed by atoms with Crippen molar-refractivity contribution in [1.29, 1.82) is 0 Å². The number of halogens is 1. The molecule has 0 aliphatic carbocycles. The van der Waals surface area contributed by atoms with Gasteiger partial charge < -0.3 is 5.32 Å². The predicted octanol–water partition coefficient (Wildman–Crippen LogP) is 4.47. The molecule has 1 fully saturated rings. The molecule has 1 heterocycles. The zero-order valence-electron chi connectivity index (χ0n) is 17.9. The number of nitrogens with one attached hydrogen (secondary N) is 1. The molecule has 5 nitrogen and oxygen atoms in total. The van der Waals surface area contributed by atoms with Crippen molar-refractivity contribution in [1.82, 2.24) is 4.31 Å². The van der Waals surface area contributed by atoms with Crippen LogP contribution < -0.4 is 5.32 Å². The number of aryl methyl sites for hydroxylation is 1. The topological polar surface area (TPSA) is 66.5 Å². The van der Waals surface area contributed by atoms with E-state index < -0.39 is 15.8 Å². The summed E-state index contributed by atoms with van der Waals surface area (Å²) in [6, 6.07) is 11.3. The molecule has 30 heavy (non-hydrogen) atoms. The first kappa shape index (κ1) is 22.4. The van der Waals surface area contributed by atoms with Gasteiger partial charge in [-0.15, -0.1) is 0 Å². The zero-order chi connectivity index (χ0) is 22.1. The normalized spacial score (nSPS) is 16.4. The third kappa shape index (κ3) is 4.90. The van der Waals surface area contributed by atoms with E-state index in [0.29, 0.717) is 18.5 Å². The van der Waals surface area contributed by atoms with Crippen LogP contribution in [0.4, 0.5) is 10.1 Å². The first-order valence-electron chi connectivity index (χ1n) is 10.2. The van der Waals surface area contributed by atoms with Gasteiger partial charge in [0, 0.05) is 24.7 Å². The van der Waals surface area contributed by atoms with Crippen LogP contribution >= 0.6 is 0 Å². The van der Waals surface area contributed by atoms with Gasteiger partial charge >= 0.3 is 0 Å². The number of nitrogens with zero attached hydrogens (tertiary/aromatic N) is 1. The highest BCUT2D eigenvalue weighted by atomic mass is 32.2. The molecule has 0 bridgehead atoms. The Labute approximate surface area is 178 Å². The number of hydrogen-bond donors (Lipinski definition) is 1. The van der Waals surface area contributed by atoms with E-state index in [1.165, 1.54) is 16.4 Å². The van der Waals surface area contributed by atoms with Crippen LogP contribution in [0.2, 0.25) is 0 Å². The second-order valence-electron chi connectivity index (χ2n) is 8.90. The van der Waals surface area contributed by atoms with Crippen molar-refractivity contribution in [3.8, 4) is 0 Å². The fraction of sp³-hybridized carbons (Fsp3) is 0.435. The third-order valence-corrected chi connectivity index (χ3v) is 7.55. The summed E-state index contributed by atoms with van der Waals surface area (Å²) in [5.41, 5.74) is 2.26. The van der Waals surface area contributed by atoms with E-state index in [-0.39, 0.29) is 35.2 Å². The van der Waals surface area contributed by atoms with Gasteiger partial charge in [0.15, 0.2) is 0 Å². The Kier molecular flexibility index (Phi) is 6.34. The molecular weight excluding hydrogens is 403 g/mol. The molecule has 3 rings (SSSR count). The standard InChI is InChI=1S/C23H29FN2O3S/c1-16-5-8-19(24)15-21(16)25-22(27)17-11-13-26(14-12-17)30(28,29)20-9-6-18(7-10-20)23(2,3)4/h5-10,15,17H,11-14H2,1-4H3,(H,25,27). The zero-order valence-corrected chi connectivity index (χ0v) is 18.7. The first-order valence-corrected chi connectivity index (χ1v) is 11.6. The van der Waals surface area contributed by atoms with Gasteiger partial charge in [-0.25, -0.2) is 12.8 Å². The molecular formula is C23H29FN2O3S. The Morgan fingerprint density at radius 3 is 2.23 bits per heavy atom. The minimum Gasteiger partial charge on any atom is -0.326 e. The fourth-order valence-corrected chi connectivity index (χ4v) is 5.07. The summed E-state index contributed by atoms with van der Waals surface area (Å²) in [5, 5.41) is 2.78. The number of benzene rings is 2. The van der Waals surface area contributed by atoms with Crippen LogP contribution in [0.25, 0.3) is 0 Å². The number of carbonyl (C=O) groups is 1. The number of carbonyl (C=O) groups excluding carboxylic acids is 1. The minimum atomic E-state index is -3.59. The fourth-order valence-electron chi connectivity index (χ4n) is 3.60. The SMILES string of the molecule is Cc1ccc(F)cc1NC(=O)C1CCN(S(=O)(=O)c2ccc(C(C)(C)C)cc2)CC1. The molecule has 0 saturated carbocycles. The molecule has 162 valence electrons. The van der Waals surface area contributed by atoms with Crippen molar-refractivity contribution in [3.63, 3.8) is 0 Å². The van der Waals surface area contributed by atoms with Crippen LogP contribution in [0.15, 0.2) is 47.4 Å². The highest BCUT2D eigenvalue weighted by molar-refractivity contribution is 7.89. The molecule has 1 aliphatic rings. The number of piperidine rings is 1. The van der Waals surface area contributed by atoms with Crippen LogP contribution in [-0.2, 0) is 20.2 Å². The van der Waals surface area contributed by atoms with Crippen LogP contribution in [0.1, 0.15) is 44.7 Å². The maximum Gasteiger partial charge on any atom is 0.243 e. The van der Waals surface area contributed by atoms with E-state index in [2.05, 4.69) is 26.1 Å². The smallest absolute Gasteiger partial charge is 0.243 e. The molecule has 1 saturated heterocycles. The molecule has 0 aromatic heterocycles. The first-order chi connectivity index (χ1) is 14.0. The summed E-state index contributed by atoms with van der Waals surface area (Å²) < 4.78 is 40.9. The monoisotopic (exact) mass is 432 g/mol. The molecule has 2 aromatic rings. The van der Waals surface area contributed by atoms with Crippen molar-refractivity contribution in [2.45, 2.75) is 50.8 Å². The molecule has 0 radical (unpaired) electrons. The van der Waals surface area contributed by atoms with E-state index in [4.69, 9.17) is 0 Å². The van der Waals surface area contributed by atoms with E-state index >= 15 is 0 Å². The number of hydrogen-bond acceptors (Lipinski definition) is 3. The average Bonchev–Trinajstić information content (AvgIpc) is 2.70. The van der Waals surface area contributed by atoms with Crippen molar-refractivity contribution in [2.75, 3.05) is 18.4 Å². The Hall–Kier alpha value is -2.25. The van der Waals surface area contributed by atoms with Gasteiger partial charge in [-0.3, -0.25) is 4.79 Å². The lowest BCUT2D eigenvalue weighted by molar-refractivity contribution is -0.120. The Bertz CT molecular complexity index is 1020. The molecule has 7 heteroatoms. The van der Waals surface area contributed by atoms with Crippen LogP contribution in [0.5, 0.6) is 0 Å². The van der Waals surface area contributed by atoms with Gasteiger partial charge in [-0.1, -0.05) is 39.0 Å². The average molecular weight is 433 g/mol. The lowest BCUT2D eigenvalue weighted by Crippen LogP contribution is -2.41. The van der Waals surface area contributed by atoms with Crippen LogP contribution in [0.3, 0.4) is 0 Å². The molecule has 0 atom stereocenters. The highest BCUT2D eigenvalue weighted by Gasteiger charge is 2.32. The maximum atomic E-state index is 13.4. The van der Waals surface area contributed by atoms with E-state index in [1.807, 2.05) is 12.1 Å². The second kappa shape index (κ2) is 8.47. The quantitative estimate of drug-likeness (QED) is 0.775. The Balaban J connectivity index is 1.64. The molecule has 1 aliphatic heterocycles. The van der Waals surface area contributed by atoms with Gasteiger partial charge in [-0.2, -0.15) is 4.31 Å².